The van der Waals surface area contributed by atoms with Gasteiger partial charge < -0.3 is 14.2 Å². The van der Waals surface area contributed by atoms with Gasteiger partial charge in [-0.2, -0.15) is 10.5 Å². The van der Waals surface area contributed by atoms with Crippen LogP contribution in [0.25, 0.3) is 0 Å². The molecule has 1 aliphatic carbocycles. The van der Waals surface area contributed by atoms with Gasteiger partial charge in [-0.25, -0.2) is 4.99 Å². The number of ether oxygens (including phenoxy) is 3. The molecule has 0 bridgehead atoms. The van der Waals surface area contributed by atoms with Crippen molar-refractivity contribution in [2.45, 2.75) is 24.7 Å². The van der Waals surface area contributed by atoms with E-state index in [0.717, 1.165) is 5.56 Å². The van der Waals surface area contributed by atoms with Crippen molar-refractivity contribution in [2.75, 3.05) is 20.3 Å². The van der Waals surface area contributed by atoms with Crippen molar-refractivity contribution in [1.29, 1.82) is 10.5 Å². The molecule has 0 amide bonds. The molecular weight excluding hydrogens is 320 g/mol. The van der Waals surface area contributed by atoms with Crippen molar-refractivity contribution in [3.05, 3.63) is 29.8 Å². The van der Waals surface area contributed by atoms with E-state index in [0.29, 0.717) is 25.4 Å². The zero-order chi connectivity index (χ0) is 17.9. The Morgan fingerprint density at radius 1 is 1.20 bits per heavy atom. The van der Waals surface area contributed by atoms with E-state index in [1.165, 1.54) is 0 Å². The highest BCUT2D eigenvalue weighted by Crippen LogP contribution is 2.83. The van der Waals surface area contributed by atoms with E-state index in [2.05, 4.69) is 17.1 Å². The fourth-order valence-corrected chi connectivity index (χ4v) is 5.19. The molecule has 0 radical (unpaired) electrons. The van der Waals surface area contributed by atoms with Crippen LogP contribution < -0.4 is 15.5 Å². The molecule has 1 saturated carbocycles. The van der Waals surface area contributed by atoms with Gasteiger partial charge in [0.2, 0.25) is 0 Å². The number of methoxy groups -OCH3 is 1. The number of hydrogen-bond acceptors (Lipinski definition) is 6. The lowest BCUT2D eigenvalue weighted by atomic mass is 9.80. The number of nitriles is 2. The summed E-state index contributed by atoms with van der Waals surface area (Å²) in [6.45, 7) is 2.64. The number of hydrogen-bond donors (Lipinski definition) is 2. The lowest BCUT2D eigenvalue weighted by Gasteiger charge is -2.29. The summed E-state index contributed by atoms with van der Waals surface area (Å²) in [5.74, 6) is -0.454. The Morgan fingerprint density at radius 3 is 2.32 bits per heavy atom. The summed E-state index contributed by atoms with van der Waals surface area (Å²) in [7, 11) is 1.59. The van der Waals surface area contributed by atoms with Crippen molar-refractivity contribution in [2.24, 2.45) is 16.6 Å². The van der Waals surface area contributed by atoms with Gasteiger partial charge in [-0.1, -0.05) is 19.1 Å². The molecule has 3 aliphatic rings. The van der Waals surface area contributed by atoms with Gasteiger partial charge in [0.1, 0.15) is 5.75 Å². The van der Waals surface area contributed by atoms with Crippen LogP contribution in [0, 0.1) is 33.5 Å². The Kier molecular flexibility index (Phi) is 3.00. The summed E-state index contributed by atoms with van der Waals surface area (Å²) in [6.07, 6.45) is 0.539. The molecule has 3 atom stereocenters. The molecule has 4 rings (SSSR count). The van der Waals surface area contributed by atoms with Crippen LogP contribution >= 0.6 is 0 Å². The molecule has 1 spiro atoms. The van der Waals surface area contributed by atoms with E-state index in [4.69, 9.17) is 19.9 Å². The lowest BCUT2D eigenvalue weighted by molar-refractivity contribution is -0.677. The van der Waals surface area contributed by atoms with Crippen molar-refractivity contribution in [3.63, 3.8) is 0 Å². The van der Waals surface area contributed by atoms with Gasteiger partial charge in [-0.05, 0) is 24.1 Å². The second kappa shape index (κ2) is 4.72. The normalized spacial score (nSPS) is 37.0. The van der Waals surface area contributed by atoms with E-state index < -0.39 is 22.2 Å². The summed E-state index contributed by atoms with van der Waals surface area (Å²) in [5.41, 5.74) is 3.82. The highest BCUT2D eigenvalue weighted by Gasteiger charge is 3.04. The third-order valence-corrected chi connectivity index (χ3v) is 6.12. The molecule has 25 heavy (non-hydrogen) atoms. The first-order valence-electron chi connectivity index (χ1n) is 8.22. The monoisotopic (exact) mass is 339 g/mol. The summed E-state index contributed by atoms with van der Waals surface area (Å²) in [6, 6.07) is 12.1. The maximum absolute atomic E-state index is 10.2. The number of nitrogens with zero attached hydrogens (tertiary/aromatic N) is 2. The third kappa shape index (κ3) is 1.31. The molecule has 7 nitrogen and oxygen atoms in total. The minimum atomic E-state index is -1.39. The molecule has 7 heteroatoms. The van der Waals surface area contributed by atoms with Gasteiger partial charge in [0, 0.05) is 0 Å². The fraction of sp³-hybridized carbons (Fsp3) is 0.500. The molecule has 2 aliphatic heterocycles. The van der Waals surface area contributed by atoms with Crippen LogP contribution in [0.3, 0.4) is 0 Å². The summed E-state index contributed by atoms with van der Waals surface area (Å²) >= 11 is 0. The Hall–Kier alpha value is -2.61. The van der Waals surface area contributed by atoms with Crippen molar-refractivity contribution in [3.8, 4) is 17.9 Å². The second-order valence-electron chi connectivity index (χ2n) is 6.56. The van der Waals surface area contributed by atoms with Crippen LogP contribution in [-0.2, 0) is 14.9 Å². The van der Waals surface area contributed by atoms with Crippen molar-refractivity contribution >= 4 is 5.84 Å². The number of nitrogens with one attached hydrogen (secondary N) is 1. The van der Waals surface area contributed by atoms with Gasteiger partial charge in [0.05, 0.1) is 37.9 Å². The van der Waals surface area contributed by atoms with Crippen LogP contribution in [-0.4, -0.2) is 32.1 Å². The van der Waals surface area contributed by atoms with Crippen LogP contribution in [0.4, 0.5) is 0 Å². The van der Waals surface area contributed by atoms with Gasteiger partial charge in [-0.15, -0.1) is 0 Å². The van der Waals surface area contributed by atoms with Crippen LogP contribution in [0.5, 0.6) is 5.75 Å². The molecule has 0 unspecified atom stereocenters. The summed E-state index contributed by atoms with van der Waals surface area (Å²) < 4.78 is 16.9. The standard InChI is InChI=1S/C18H18N4O3/c1-3-15(12-4-6-13(23-2)7-5-12)16(10-19)14(21)22-18(17(15,16)11-20)24-8-9-25-18/h4-7H,3,8-9H2,1-2H3,(H2,21,22)/p+1/t15-,16-,17+/m0/s1. The Morgan fingerprint density at radius 2 is 1.84 bits per heavy atom. The smallest absolute Gasteiger partial charge is 0.343 e. The first-order chi connectivity index (χ1) is 12.1. The zero-order valence-corrected chi connectivity index (χ0v) is 14.1. The van der Waals surface area contributed by atoms with E-state index >= 15 is 0 Å². The number of rotatable bonds is 3. The average Bonchev–Trinajstić information content (AvgIpc) is 2.85. The number of benzene rings is 1. The topological polar surface area (TPSA) is 115 Å². The highest BCUT2D eigenvalue weighted by molar-refractivity contribution is 5.97. The maximum Gasteiger partial charge on any atom is 0.343 e. The predicted molar refractivity (Wildman–Crippen MR) is 85.8 cm³/mol. The molecule has 128 valence electrons. The Balaban J connectivity index is 1.99. The zero-order valence-electron chi connectivity index (χ0n) is 14.1. The molecule has 3 N–H and O–H groups in total. The molecule has 2 fully saturated rings. The average molecular weight is 339 g/mol. The van der Waals surface area contributed by atoms with E-state index in [1.54, 1.807) is 7.11 Å². The molecule has 0 aromatic heterocycles. The molecule has 1 saturated heterocycles. The van der Waals surface area contributed by atoms with Gasteiger partial charge in [0.25, 0.3) is 5.84 Å². The van der Waals surface area contributed by atoms with Crippen LogP contribution in [0.2, 0.25) is 0 Å². The van der Waals surface area contributed by atoms with Gasteiger partial charge in [0.15, 0.2) is 10.8 Å². The molecule has 2 heterocycles. The van der Waals surface area contributed by atoms with Crippen LogP contribution in [0.1, 0.15) is 18.9 Å². The van der Waals surface area contributed by atoms with E-state index in [-0.39, 0.29) is 5.84 Å². The Labute approximate surface area is 145 Å². The minimum absolute atomic E-state index is 0.233. The first kappa shape index (κ1) is 15.9. The van der Waals surface area contributed by atoms with E-state index in [9.17, 15) is 10.5 Å². The molecular formula is C18H19N4O3+. The lowest BCUT2D eigenvalue weighted by Crippen LogP contribution is -2.90. The third-order valence-electron chi connectivity index (χ3n) is 6.12. The minimum Gasteiger partial charge on any atom is -0.497 e. The maximum atomic E-state index is 10.2. The van der Waals surface area contributed by atoms with Crippen molar-refractivity contribution in [1.82, 2.24) is 0 Å². The summed E-state index contributed by atoms with van der Waals surface area (Å²) in [4.78, 5) is 2.97. The SMILES string of the molecule is CC[C@]1(c2ccc(OC)cc2)[C@]2(C#N)C(N)=[NH+]C3(OCCO3)[C@@]21C#N. The van der Waals surface area contributed by atoms with Crippen molar-refractivity contribution < 1.29 is 19.2 Å². The van der Waals surface area contributed by atoms with Gasteiger partial charge in [-0.3, -0.25) is 5.73 Å². The second-order valence-corrected chi connectivity index (χ2v) is 6.56. The quantitative estimate of drug-likeness (QED) is 0.769. The first-order valence-corrected chi connectivity index (χ1v) is 8.22. The van der Waals surface area contributed by atoms with Crippen LogP contribution in [0.15, 0.2) is 24.3 Å². The molecule has 1 aromatic rings. The number of nitrogens with two attached hydrogens (primary N) is 1. The molecule has 1 aromatic carbocycles. The fourth-order valence-electron chi connectivity index (χ4n) is 5.19. The number of fused-ring (bicyclic) bond motifs is 2. The predicted octanol–water partition coefficient (Wildman–Crippen LogP) is -0.471. The van der Waals surface area contributed by atoms with E-state index in [1.807, 2.05) is 31.2 Å². The summed E-state index contributed by atoms with van der Waals surface area (Å²) in [5, 5.41) is 20.4. The number of amidine groups is 1. The largest absolute Gasteiger partial charge is 0.497 e. The Bertz CT molecular complexity index is 847. The van der Waals surface area contributed by atoms with Gasteiger partial charge >= 0.3 is 5.91 Å². The highest BCUT2D eigenvalue weighted by atomic mass is 16.8.